The van der Waals surface area contributed by atoms with Crippen LogP contribution in [0.25, 0.3) is 0 Å². The molecular formula is C13H14BrFN2. The third-order valence-corrected chi connectivity index (χ3v) is 3.46. The highest BCUT2D eigenvalue weighted by atomic mass is 79.9. The van der Waals surface area contributed by atoms with Gasteiger partial charge in [0.15, 0.2) is 0 Å². The van der Waals surface area contributed by atoms with Gasteiger partial charge in [-0.1, -0.05) is 22.0 Å². The fourth-order valence-corrected chi connectivity index (χ4v) is 2.23. The van der Waals surface area contributed by atoms with Gasteiger partial charge < -0.3 is 0 Å². The number of benzene rings is 1. The maximum atomic E-state index is 13.7. The molecule has 0 saturated heterocycles. The zero-order chi connectivity index (χ0) is 12.3. The molecule has 0 N–H and O–H groups in total. The monoisotopic (exact) mass is 296 g/mol. The van der Waals surface area contributed by atoms with Crippen molar-refractivity contribution in [3.8, 4) is 6.07 Å². The molecule has 0 aliphatic heterocycles. The van der Waals surface area contributed by atoms with E-state index in [0.717, 1.165) is 11.0 Å². The van der Waals surface area contributed by atoms with E-state index in [1.54, 1.807) is 6.07 Å². The molecule has 2 rings (SSSR count). The number of hydrogen-bond acceptors (Lipinski definition) is 2. The fraction of sp³-hybridized carbons (Fsp3) is 0.462. The Hall–Kier alpha value is -0.920. The van der Waals surface area contributed by atoms with Crippen molar-refractivity contribution >= 4 is 15.9 Å². The van der Waals surface area contributed by atoms with E-state index in [-0.39, 0.29) is 5.82 Å². The van der Waals surface area contributed by atoms with E-state index in [1.807, 2.05) is 6.07 Å². The van der Waals surface area contributed by atoms with Gasteiger partial charge in [0.2, 0.25) is 0 Å². The SMILES string of the molecule is N#CCCN(Cc1ccc(Br)cc1F)C1CC1. The van der Waals surface area contributed by atoms with Crippen LogP contribution in [0.4, 0.5) is 4.39 Å². The predicted octanol–water partition coefficient (Wildman–Crippen LogP) is 3.47. The highest BCUT2D eigenvalue weighted by Gasteiger charge is 2.28. The Balaban J connectivity index is 2.03. The number of nitrogens with zero attached hydrogens (tertiary/aromatic N) is 2. The van der Waals surface area contributed by atoms with Gasteiger partial charge in [0.05, 0.1) is 6.07 Å². The van der Waals surface area contributed by atoms with Crippen molar-refractivity contribution in [1.82, 2.24) is 4.90 Å². The number of halogens is 2. The molecule has 0 amide bonds. The van der Waals surface area contributed by atoms with Crippen molar-refractivity contribution in [2.45, 2.75) is 31.8 Å². The van der Waals surface area contributed by atoms with Gasteiger partial charge in [-0.2, -0.15) is 5.26 Å². The van der Waals surface area contributed by atoms with Crippen LogP contribution in [-0.4, -0.2) is 17.5 Å². The maximum absolute atomic E-state index is 13.7. The highest BCUT2D eigenvalue weighted by molar-refractivity contribution is 9.10. The molecular weight excluding hydrogens is 283 g/mol. The van der Waals surface area contributed by atoms with E-state index in [0.29, 0.717) is 24.6 Å². The normalized spacial score (nSPS) is 14.9. The third-order valence-electron chi connectivity index (χ3n) is 2.96. The van der Waals surface area contributed by atoms with E-state index >= 15 is 0 Å². The average molecular weight is 297 g/mol. The van der Waals surface area contributed by atoms with Crippen molar-refractivity contribution in [1.29, 1.82) is 5.26 Å². The van der Waals surface area contributed by atoms with E-state index in [1.165, 1.54) is 18.9 Å². The summed E-state index contributed by atoms with van der Waals surface area (Å²) >= 11 is 3.25. The summed E-state index contributed by atoms with van der Waals surface area (Å²) in [4.78, 5) is 2.20. The smallest absolute Gasteiger partial charge is 0.128 e. The first kappa shape index (κ1) is 12.5. The van der Waals surface area contributed by atoms with Crippen molar-refractivity contribution < 1.29 is 4.39 Å². The minimum Gasteiger partial charge on any atom is -0.295 e. The van der Waals surface area contributed by atoms with E-state index in [4.69, 9.17) is 5.26 Å². The Morgan fingerprint density at radius 3 is 2.82 bits per heavy atom. The number of nitriles is 1. The minimum absolute atomic E-state index is 0.179. The van der Waals surface area contributed by atoms with Gasteiger partial charge in [0, 0.05) is 35.6 Å². The highest BCUT2D eigenvalue weighted by Crippen LogP contribution is 2.29. The molecule has 17 heavy (non-hydrogen) atoms. The summed E-state index contributed by atoms with van der Waals surface area (Å²) < 4.78 is 14.5. The molecule has 1 aliphatic rings. The lowest BCUT2D eigenvalue weighted by molar-refractivity contribution is 0.257. The summed E-state index contributed by atoms with van der Waals surface area (Å²) in [6.45, 7) is 1.34. The van der Waals surface area contributed by atoms with Crippen LogP contribution in [0, 0.1) is 17.1 Å². The first-order valence-corrected chi connectivity index (χ1v) is 6.55. The summed E-state index contributed by atoms with van der Waals surface area (Å²) in [5, 5.41) is 8.62. The maximum Gasteiger partial charge on any atom is 0.128 e. The quantitative estimate of drug-likeness (QED) is 0.832. The number of hydrogen-bond donors (Lipinski definition) is 0. The zero-order valence-electron chi connectivity index (χ0n) is 9.50. The van der Waals surface area contributed by atoms with Crippen LogP contribution in [0.3, 0.4) is 0 Å². The largest absolute Gasteiger partial charge is 0.295 e. The van der Waals surface area contributed by atoms with Gasteiger partial charge >= 0.3 is 0 Å². The molecule has 0 unspecified atom stereocenters. The molecule has 1 aromatic carbocycles. The topological polar surface area (TPSA) is 27.0 Å². The Bertz CT molecular complexity index is 438. The van der Waals surface area contributed by atoms with Crippen molar-refractivity contribution in [2.24, 2.45) is 0 Å². The lowest BCUT2D eigenvalue weighted by Gasteiger charge is -2.21. The fourth-order valence-electron chi connectivity index (χ4n) is 1.89. The standard InChI is InChI=1S/C13H14BrFN2/c14-11-3-2-10(13(15)8-11)9-17(7-1-6-16)12-4-5-12/h2-3,8,12H,1,4-5,7,9H2. The van der Waals surface area contributed by atoms with E-state index in [9.17, 15) is 4.39 Å². The van der Waals surface area contributed by atoms with Crippen LogP contribution in [0.1, 0.15) is 24.8 Å². The molecule has 4 heteroatoms. The second kappa shape index (κ2) is 5.61. The van der Waals surface area contributed by atoms with E-state index in [2.05, 4.69) is 26.9 Å². The molecule has 1 saturated carbocycles. The van der Waals surface area contributed by atoms with Crippen LogP contribution in [-0.2, 0) is 6.54 Å². The first-order valence-electron chi connectivity index (χ1n) is 5.75. The van der Waals surface area contributed by atoms with Crippen LogP contribution < -0.4 is 0 Å². The molecule has 0 aromatic heterocycles. The minimum atomic E-state index is -0.179. The Morgan fingerprint density at radius 2 is 2.24 bits per heavy atom. The summed E-state index contributed by atoms with van der Waals surface area (Å²) in [6.07, 6.45) is 2.85. The summed E-state index contributed by atoms with van der Waals surface area (Å²) in [7, 11) is 0. The first-order chi connectivity index (χ1) is 8.20. The van der Waals surface area contributed by atoms with Gasteiger partial charge in [-0.3, -0.25) is 4.90 Å². The van der Waals surface area contributed by atoms with Crippen molar-refractivity contribution in [3.05, 3.63) is 34.1 Å². The average Bonchev–Trinajstić information content (AvgIpc) is 3.11. The van der Waals surface area contributed by atoms with Gasteiger partial charge in [0.1, 0.15) is 5.82 Å². The third kappa shape index (κ3) is 3.52. The molecule has 0 heterocycles. The zero-order valence-corrected chi connectivity index (χ0v) is 11.1. The van der Waals surface area contributed by atoms with Crippen LogP contribution in [0.2, 0.25) is 0 Å². The second-order valence-corrected chi connectivity index (χ2v) is 5.26. The van der Waals surface area contributed by atoms with Crippen molar-refractivity contribution in [2.75, 3.05) is 6.54 Å². The molecule has 0 bridgehead atoms. The van der Waals surface area contributed by atoms with Crippen molar-refractivity contribution in [3.63, 3.8) is 0 Å². The summed E-state index contributed by atoms with van der Waals surface area (Å²) in [6, 6.07) is 7.85. The molecule has 1 aliphatic carbocycles. The Kier molecular flexibility index (Phi) is 4.14. The lowest BCUT2D eigenvalue weighted by Crippen LogP contribution is -2.27. The number of rotatable bonds is 5. The Morgan fingerprint density at radius 1 is 1.47 bits per heavy atom. The van der Waals surface area contributed by atoms with Crippen LogP contribution in [0.15, 0.2) is 22.7 Å². The van der Waals surface area contributed by atoms with E-state index < -0.39 is 0 Å². The van der Waals surface area contributed by atoms with Gasteiger partial charge in [0.25, 0.3) is 0 Å². The molecule has 0 atom stereocenters. The van der Waals surface area contributed by atoms with Gasteiger partial charge in [-0.05, 0) is 25.0 Å². The molecule has 0 radical (unpaired) electrons. The molecule has 1 aromatic rings. The summed E-state index contributed by atoms with van der Waals surface area (Å²) in [5.41, 5.74) is 0.707. The van der Waals surface area contributed by atoms with Crippen LogP contribution >= 0.6 is 15.9 Å². The molecule has 1 fully saturated rings. The lowest BCUT2D eigenvalue weighted by atomic mass is 10.2. The predicted molar refractivity (Wildman–Crippen MR) is 67.8 cm³/mol. The molecule has 0 spiro atoms. The van der Waals surface area contributed by atoms with Gasteiger partial charge in [-0.25, -0.2) is 4.39 Å². The van der Waals surface area contributed by atoms with Gasteiger partial charge in [-0.15, -0.1) is 0 Å². The molecule has 2 nitrogen and oxygen atoms in total. The summed E-state index contributed by atoms with van der Waals surface area (Å²) in [5.74, 6) is -0.179. The molecule has 90 valence electrons. The van der Waals surface area contributed by atoms with Crippen LogP contribution in [0.5, 0.6) is 0 Å². The second-order valence-electron chi connectivity index (χ2n) is 4.35. The Labute approximate surface area is 109 Å².